The summed E-state index contributed by atoms with van der Waals surface area (Å²) < 4.78 is 0. The SMILES string of the molecule is CC(C)(C)c1ccc(C(=O)N2CCCC(c3ccccc3)C2)cc1. The van der Waals surface area contributed by atoms with E-state index >= 15 is 0 Å². The van der Waals surface area contributed by atoms with Gasteiger partial charge >= 0.3 is 0 Å². The lowest BCUT2D eigenvalue weighted by Gasteiger charge is -2.33. The molecule has 0 aromatic heterocycles. The highest BCUT2D eigenvalue weighted by molar-refractivity contribution is 5.94. The molecule has 0 aliphatic carbocycles. The Hall–Kier alpha value is -2.09. The van der Waals surface area contributed by atoms with Gasteiger partial charge in [0.25, 0.3) is 5.91 Å². The summed E-state index contributed by atoms with van der Waals surface area (Å²) in [6.45, 7) is 8.27. The Kier molecular flexibility index (Phi) is 4.75. The van der Waals surface area contributed by atoms with Crippen molar-refractivity contribution in [3.8, 4) is 0 Å². The van der Waals surface area contributed by atoms with Gasteiger partial charge in [-0.3, -0.25) is 4.79 Å². The van der Waals surface area contributed by atoms with E-state index in [0.717, 1.165) is 31.5 Å². The van der Waals surface area contributed by atoms with Crippen molar-refractivity contribution < 1.29 is 4.79 Å². The second-order valence-electron chi connectivity index (χ2n) is 7.83. The zero-order valence-corrected chi connectivity index (χ0v) is 15.0. The number of hydrogen-bond acceptors (Lipinski definition) is 1. The van der Waals surface area contributed by atoms with Gasteiger partial charge in [-0.15, -0.1) is 0 Å². The van der Waals surface area contributed by atoms with E-state index in [2.05, 4.69) is 57.2 Å². The molecule has 2 aromatic carbocycles. The second-order valence-corrected chi connectivity index (χ2v) is 7.83. The lowest BCUT2D eigenvalue weighted by atomic mass is 9.86. The summed E-state index contributed by atoms with van der Waals surface area (Å²) in [5, 5.41) is 0. The number of rotatable bonds is 2. The number of hydrogen-bond donors (Lipinski definition) is 0. The summed E-state index contributed by atoms with van der Waals surface area (Å²) in [5.74, 6) is 0.619. The molecule has 1 aliphatic rings. The van der Waals surface area contributed by atoms with Gasteiger partial charge in [0.2, 0.25) is 0 Å². The van der Waals surface area contributed by atoms with E-state index in [0.29, 0.717) is 5.92 Å². The molecule has 2 heteroatoms. The normalized spacial score (nSPS) is 18.5. The van der Waals surface area contributed by atoms with Gasteiger partial charge in [0.1, 0.15) is 0 Å². The molecule has 1 fully saturated rings. The fourth-order valence-electron chi connectivity index (χ4n) is 3.45. The number of carbonyl (C=O) groups excluding carboxylic acids is 1. The van der Waals surface area contributed by atoms with Gasteiger partial charge in [0, 0.05) is 24.6 Å². The Morgan fingerprint density at radius 1 is 1.00 bits per heavy atom. The lowest BCUT2D eigenvalue weighted by molar-refractivity contribution is 0.0707. The first-order chi connectivity index (χ1) is 11.4. The summed E-state index contributed by atoms with van der Waals surface area (Å²) in [6.07, 6.45) is 2.24. The van der Waals surface area contributed by atoms with Crippen LogP contribution in [0.3, 0.4) is 0 Å². The van der Waals surface area contributed by atoms with Crippen molar-refractivity contribution >= 4 is 5.91 Å². The van der Waals surface area contributed by atoms with Crippen LogP contribution < -0.4 is 0 Å². The first-order valence-electron chi connectivity index (χ1n) is 8.90. The number of piperidine rings is 1. The van der Waals surface area contributed by atoms with Crippen molar-refractivity contribution in [2.45, 2.75) is 44.9 Å². The van der Waals surface area contributed by atoms with Gasteiger partial charge in [-0.2, -0.15) is 0 Å². The third kappa shape index (κ3) is 3.69. The summed E-state index contributed by atoms with van der Waals surface area (Å²) in [6, 6.07) is 18.7. The molecule has 24 heavy (non-hydrogen) atoms. The third-order valence-electron chi connectivity index (χ3n) is 4.98. The zero-order chi connectivity index (χ0) is 17.2. The predicted octanol–water partition coefficient (Wildman–Crippen LogP) is 5.00. The summed E-state index contributed by atoms with van der Waals surface area (Å²) in [7, 11) is 0. The monoisotopic (exact) mass is 321 g/mol. The van der Waals surface area contributed by atoms with E-state index in [1.807, 2.05) is 23.1 Å². The highest BCUT2D eigenvalue weighted by Gasteiger charge is 2.25. The van der Waals surface area contributed by atoms with Crippen molar-refractivity contribution in [2.24, 2.45) is 0 Å². The molecule has 1 heterocycles. The van der Waals surface area contributed by atoms with Gasteiger partial charge < -0.3 is 4.90 Å². The first-order valence-corrected chi connectivity index (χ1v) is 8.90. The molecule has 1 amide bonds. The van der Waals surface area contributed by atoms with Gasteiger partial charge in [-0.05, 0) is 41.5 Å². The quantitative estimate of drug-likeness (QED) is 0.762. The van der Waals surface area contributed by atoms with E-state index in [1.54, 1.807) is 0 Å². The molecular formula is C22H27NO. The number of nitrogens with zero attached hydrogens (tertiary/aromatic N) is 1. The molecule has 0 saturated carbocycles. The smallest absolute Gasteiger partial charge is 0.253 e. The number of carbonyl (C=O) groups is 1. The van der Waals surface area contributed by atoms with Crippen LogP contribution in [0, 0.1) is 0 Å². The molecule has 1 atom stereocenters. The lowest BCUT2D eigenvalue weighted by Crippen LogP contribution is -2.39. The Labute approximate surface area is 145 Å². The standard InChI is InChI=1S/C22H27NO/c1-22(2,3)20-13-11-18(12-14-20)21(24)23-15-7-10-19(16-23)17-8-5-4-6-9-17/h4-6,8-9,11-14,19H,7,10,15-16H2,1-3H3. The van der Waals surface area contributed by atoms with Crippen molar-refractivity contribution in [3.05, 3.63) is 71.3 Å². The van der Waals surface area contributed by atoms with E-state index in [4.69, 9.17) is 0 Å². The predicted molar refractivity (Wildman–Crippen MR) is 99.5 cm³/mol. The zero-order valence-electron chi connectivity index (χ0n) is 15.0. The highest BCUT2D eigenvalue weighted by Crippen LogP contribution is 2.28. The third-order valence-corrected chi connectivity index (χ3v) is 4.98. The Morgan fingerprint density at radius 2 is 1.67 bits per heavy atom. The Balaban J connectivity index is 1.73. The fraction of sp³-hybridized carbons (Fsp3) is 0.409. The van der Waals surface area contributed by atoms with Crippen molar-refractivity contribution in [1.29, 1.82) is 0 Å². The van der Waals surface area contributed by atoms with Gasteiger partial charge in [0.15, 0.2) is 0 Å². The molecule has 1 saturated heterocycles. The minimum atomic E-state index is 0.116. The van der Waals surface area contributed by atoms with Gasteiger partial charge in [0.05, 0.1) is 0 Å². The van der Waals surface area contributed by atoms with Gasteiger partial charge in [-0.25, -0.2) is 0 Å². The van der Waals surface area contributed by atoms with Crippen LogP contribution in [0.4, 0.5) is 0 Å². The topological polar surface area (TPSA) is 20.3 Å². The molecule has 0 radical (unpaired) electrons. The summed E-state index contributed by atoms with van der Waals surface area (Å²) in [5.41, 5.74) is 3.53. The molecule has 2 nitrogen and oxygen atoms in total. The average Bonchev–Trinajstić information content (AvgIpc) is 2.61. The van der Waals surface area contributed by atoms with E-state index < -0.39 is 0 Å². The molecule has 0 bridgehead atoms. The Morgan fingerprint density at radius 3 is 2.29 bits per heavy atom. The molecular weight excluding hydrogens is 294 g/mol. The molecule has 0 spiro atoms. The van der Waals surface area contributed by atoms with Crippen molar-refractivity contribution in [2.75, 3.05) is 13.1 Å². The van der Waals surface area contributed by atoms with Crippen LogP contribution in [-0.4, -0.2) is 23.9 Å². The first kappa shape index (κ1) is 16.8. The minimum absolute atomic E-state index is 0.116. The number of likely N-dealkylation sites (tertiary alicyclic amines) is 1. The molecule has 1 unspecified atom stereocenters. The highest BCUT2D eigenvalue weighted by atomic mass is 16.2. The largest absolute Gasteiger partial charge is 0.338 e. The molecule has 0 N–H and O–H groups in total. The number of benzene rings is 2. The summed E-state index contributed by atoms with van der Waals surface area (Å²) in [4.78, 5) is 14.9. The van der Waals surface area contributed by atoms with Crippen LogP contribution in [0.25, 0.3) is 0 Å². The maximum atomic E-state index is 12.9. The van der Waals surface area contributed by atoms with Crippen LogP contribution in [0.15, 0.2) is 54.6 Å². The van der Waals surface area contributed by atoms with Crippen LogP contribution in [0.2, 0.25) is 0 Å². The number of amides is 1. The molecule has 3 rings (SSSR count). The van der Waals surface area contributed by atoms with E-state index in [1.165, 1.54) is 11.1 Å². The van der Waals surface area contributed by atoms with Crippen LogP contribution >= 0.6 is 0 Å². The minimum Gasteiger partial charge on any atom is -0.338 e. The van der Waals surface area contributed by atoms with Crippen LogP contribution in [0.5, 0.6) is 0 Å². The van der Waals surface area contributed by atoms with Gasteiger partial charge in [-0.1, -0.05) is 63.2 Å². The average molecular weight is 321 g/mol. The molecule has 1 aliphatic heterocycles. The van der Waals surface area contributed by atoms with E-state index in [9.17, 15) is 4.79 Å². The van der Waals surface area contributed by atoms with E-state index in [-0.39, 0.29) is 11.3 Å². The van der Waals surface area contributed by atoms with Crippen molar-refractivity contribution in [1.82, 2.24) is 4.90 Å². The fourth-order valence-corrected chi connectivity index (χ4v) is 3.45. The van der Waals surface area contributed by atoms with Crippen LogP contribution in [0.1, 0.15) is 61.0 Å². The summed E-state index contributed by atoms with van der Waals surface area (Å²) >= 11 is 0. The van der Waals surface area contributed by atoms with Crippen LogP contribution in [-0.2, 0) is 5.41 Å². The molecule has 126 valence electrons. The Bertz CT molecular complexity index is 682. The second kappa shape index (κ2) is 6.80. The van der Waals surface area contributed by atoms with Crippen molar-refractivity contribution in [3.63, 3.8) is 0 Å². The maximum Gasteiger partial charge on any atom is 0.253 e. The maximum absolute atomic E-state index is 12.9. The molecule has 2 aromatic rings.